The minimum atomic E-state index is 0. The third-order valence-electron chi connectivity index (χ3n) is 1.04. The quantitative estimate of drug-likeness (QED) is 0.473. The van der Waals surface area contributed by atoms with E-state index in [1.54, 1.807) is 11.3 Å². The second kappa shape index (κ2) is 5.03. The Morgan fingerprint density at radius 1 is 1.44 bits per heavy atom. The summed E-state index contributed by atoms with van der Waals surface area (Å²) in [6.45, 7) is 4.18. The van der Waals surface area contributed by atoms with E-state index in [2.05, 4.69) is 18.8 Å². The van der Waals surface area contributed by atoms with Gasteiger partial charge in [0.05, 0.1) is 4.88 Å². The van der Waals surface area contributed by atoms with Crippen LogP contribution in [0.15, 0.2) is 5.51 Å². The summed E-state index contributed by atoms with van der Waals surface area (Å²) < 4.78 is 0. The average Bonchev–Trinajstić information content (AvgIpc) is 1.91. The van der Waals surface area contributed by atoms with Crippen LogP contribution in [0, 0.1) is 13.8 Å². The minimum absolute atomic E-state index is 0. The molecule has 0 fully saturated rings. The maximum absolute atomic E-state index is 3.09. The van der Waals surface area contributed by atoms with E-state index < -0.39 is 0 Å². The Hall–Kier alpha value is 0.210. The molecule has 1 rings (SSSR count). The maximum atomic E-state index is 3.09. The van der Waals surface area contributed by atoms with Gasteiger partial charge in [0, 0.05) is 6.92 Å². The van der Waals surface area contributed by atoms with Crippen molar-refractivity contribution >= 4 is 23.7 Å². The molecule has 1 aromatic heterocycles. The fourth-order valence-corrected chi connectivity index (χ4v) is 1.04. The van der Waals surface area contributed by atoms with Crippen LogP contribution in [0.25, 0.3) is 0 Å². The van der Waals surface area contributed by atoms with Gasteiger partial charge in [-0.25, -0.2) is 4.98 Å². The lowest BCUT2D eigenvalue weighted by molar-refractivity contribution is -0.380. The largest absolute Gasteiger partial charge is 1.00 e. The molecule has 54 valence electrons. The Morgan fingerprint density at radius 3 is 2.11 bits per heavy atom. The van der Waals surface area contributed by atoms with E-state index >= 15 is 0 Å². The van der Waals surface area contributed by atoms with E-state index in [-0.39, 0.29) is 24.8 Å². The lowest BCUT2D eigenvalue weighted by Crippen LogP contribution is -3.00. The van der Waals surface area contributed by atoms with Crippen LogP contribution in [-0.2, 0) is 0 Å². The Morgan fingerprint density at radius 2 is 2.00 bits per heavy atom. The van der Waals surface area contributed by atoms with Crippen LogP contribution in [0.2, 0.25) is 0 Å². The molecule has 1 nitrogen and oxygen atoms in total. The van der Waals surface area contributed by atoms with E-state index in [0.29, 0.717) is 0 Å². The van der Waals surface area contributed by atoms with Crippen LogP contribution in [-0.4, -0.2) is 0 Å². The van der Waals surface area contributed by atoms with Crippen molar-refractivity contribution in [2.24, 2.45) is 0 Å². The third kappa shape index (κ3) is 3.04. The van der Waals surface area contributed by atoms with Gasteiger partial charge in [0.25, 0.3) is 0 Å². The highest BCUT2D eigenvalue weighted by atomic mass is 35.5. The van der Waals surface area contributed by atoms with Crippen LogP contribution in [0.5, 0.6) is 0 Å². The second-order valence-corrected chi connectivity index (χ2v) is 2.65. The van der Waals surface area contributed by atoms with Gasteiger partial charge >= 0.3 is 0 Å². The van der Waals surface area contributed by atoms with Gasteiger partial charge in [-0.2, -0.15) is 0 Å². The normalized spacial score (nSPS) is 7.33. The summed E-state index contributed by atoms with van der Waals surface area (Å²) in [4.78, 5) is 4.46. The molecule has 0 unspecified atom stereocenters. The van der Waals surface area contributed by atoms with Gasteiger partial charge in [0.15, 0.2) is 5.69 Å². The highest BCUT2D eigenvalue weighted by Crippen LogP contribution is 2.03. The summed E-state index contributed by atoms with van der Waals surface area (Å²) in [6.07, 6.45) is 0. The number of rotatable bonds is 0. The molecule has 0 radical (unpaired) electrons. The van der Waals surface area contributed by atoms with Gasteiger partial charge in [-0.3, -0.25) is 0 Å². The topological polar surface area (TPSA) is 14.1 Å². The number of aromatic amines is 1. The summed E-state index contributed by atoms with van der Waals surface area (Å²) in [5.74, 6) is 0. The monoisotopic (exact) mass is 185 g/mol. The molecule has 0 bridgehead atoms. The van der Waals surface area contributed by atoms with Gasteiger partial charge in [-0.15, -0.1) is 12.4 Å². The maximum Gasteiger partial charge on any atom is 0.223 e. The molecule has 0 saturated carbocycles. The molecule has 1 heterocycles. The highest BCUT2D eigenvalue weighted by molar-refractivity contribution is 7.09. The van der Waals surface area contributed by atoms with Crippen molar-refractivity contribution in [3.63, 3.8) is 0 Å². The smallest absolute Gasteiger partial charge is 0.223 e. The Bertz CT molecular complexity index is 147. The number of hydrogen-bond acceptors (Lipinski definition) is 1. The van der Waals surface area contributed by atoms with Gasteiger partial charge in [0.1, 0.15) is 0 Å². The molecule has 0 amide bonds. The second-order valence-electron chi connectivity index (χ2n) is 1.56. The SMILES string of the molecule is Cc1[nH+]csc1C.Cl.[Cl-]. The van der Waals surface area contributed by atoms with E-state index in [1.165, 1.54) is 10.6 Å². The Labute approximate surface area is 71.3 Å². The van der Waals surface area contributed by atoms with E-state index in [0.717, 1.165) is 0 Å². The predicted octanol–water partition coefficient (Wildman–Crippen LogP) is -1.40. The van der Waals surface area contributed by atoms with Crippen molar-refractivity contribution in [3.8, 4) is 0 Å². The molecular weight excluding hydrogens is 177 g/mol. The number of thiazole rings is 1. The van der Waals surface area contributed by atoms with E-state index in [4.69, 9.17) is 0 Å². The van der Waals surface area contributed by atoms with Crippen LogP contribution >= 0.6 is 23.7 Å². The number of aryl methyl sites for hydroxylation is 2. The summed E-state index contributed by atoms with van der Waals surface area (Å²) in [5.41, 5.74) is 3.27. The first kappa shape index (κ1) is 11.9. The summed E-state index contributed by atoms with van der Waals surface area (Å²) >= 11 is 1.75. The molecule has 0 aliphatic rings. The van der Waals surface area contributed by atoms with E-state index in [9.17, 15) is 0 Å². The van der Waals surface area contributed by atoms with Crippen molar-refractivity contribution in [2.45, 2.75) is 13.8 Å². The number of nitrogens with one attached hydrogen (secondary N) is 1. The Kier molecular flexibility index (Phi) is 6.68. The zero-order valence-corrected chi connectivity index (χ0v) is 7.66. The first-order valence-corrected chi connectivity index (χ1v) is 3.11. The van der Waals surface area contributed by atoms with E-state index in [1.807, 2.05) is 5.51 Å². The number of aromatic nitrogens is 1. The van der Waals surface area contributed by atoms with Crippen molar-refractivity contribution in [1.82, 2.24) is 0 Å². The van der Waals surface area contributed by atoms with Crippen LogP contribution in [0.4, 0.5) is 0 Å². The molecule has 0 aliphatic carbocycles. The minimum Gasteiger partial charge on any atom is -1.00 e. The molecule has 0 saturated heterocycles. The zero-order chi connectivity index (χ0) is 5.28. The molecule has 0 spiro atoms. The molecule has 1 aromatic rings. The number of hydrogen-bond donors (Lipinski definition) is 0. The predicted molar refractivity (Wildman–Crippen MR) is 37.6 cm³/mol. The molecule has 0 atom stereocenters. The standard InChI is InChI=1S/C5H7NS.2ClH/c1-4-5(2)7-3-6-4;;/h3H,1-2H3;2*1H. The van der Waals surface area contributed by atoms with Crippen LogP contribution < -0.4 is 17.4 Å². The molecule has 4 heteroatoms. The van der Waals surface area contributed by atoms with Crippen molar-refractivity contribution in [3.05, 3.63) is 16.1 Å². The third-order valence-corrected chi connectivity index (χ3v) is 1.93. The molecular formula is C5H9Cl2NS. The number of H-pyrrole nitrogens is 1. The van der Waals surface area contributed by atoms with Gasteiger partial charge < -0.3 is 12.4 Å². The zero-order valence-electron chi connectivity index (χ0n) is 5.27. The lowest BCUT2D eigenvalue weighted by Gasteiger charge is -1.70. The van der Waals surface area contributed by atoms with Gasteiger partial charge in [0.2, 0.25) is 5.51 Å². The van der Waals surface area contributed by atoms with Gasteiger partial charge in [-0.1, -0.05) is 11.3 Å². The van der Waals surface area contributed by atoms with Crippen LogP contribution in [0.1, 0.15) is 10.6 Å². The van der Waals surface area contributed by atoms with Crippen LogP contribution in [0.3, 0.4) is 0 Å². The van der Waals surface area contributed by atoms with Crippen molar-refractivity contribution in [2.75, 3.05) is 0 Å². The molecule has 0 aliphatic heterocycles. The molecule has 9 heavy (non-hydrogen) atoms. The molecule has 1 N–H and O–H groups in total. The number of halogens is 2. The fourth-order valence-electron chi connectivity index (χ4n) is 0.396. The molecule has 0 aromatic carbocycles. The fraction of sp³-hybridized carbons (Fsp3) is 0.400. The first-order valence-electron chi connectivity index (χ1n) is 2.23. The summed E-state index contributed by atoms with van der Waals surface area (Å²) in [5, 5.41) is 0. The summed E-state index contributed by atoms with van der Waals surface area (Å²) in [6, 6.07) is 0. The summed E-state index contributed by atoms with van der Waals surface area (Å²) in [7, 11) is 0. The average molecular weight is 186 g/mol. The highest BCUT2D eigenvalue weighted by Gasteiger charge is 1.96. The first-order chi connectivity index (χ1) is 3.30. The van der Waals surface area contributed by atoms with Crippen molar-refractivity contribution < 1.29 is 17.4 Å². The van der Waals surface area contributed by atoms with Gasteiger partial charge in [-0.05, 0) is 6.92 Å². The van der Waals surface area contributed by atoms with Crippen molar-refractivity contribution in [1.29, 1.82) is 0 Å². The lowest BCUT2D eigenvalue weighted by atomic mass is 10.4. The Balaban J connectivity index is 0.